The second-order valence-corrected chi connectivity index (χ2v) is 10.8. The van der Waals surface area contributed by atoms with Gasteiger partial charge in [0.2, 0.25) is 10.0 Å². The van der Waals surface area contributed by atoms with Gasteiger partial charge in [0.15, 0.2) is 0 Å². The first-order chi connectivity index (χ1) is 16.0. The van der Waals surface area contributed by atoms with Gasteiger partial charge < -0.3 is 4.90 Å². The monoisotopic (exact) mass is 477 g/mol. The number of allylic oxidation sites excluding steroid dienone is 2. The minimum Gasteiger partial charge on any atom is -0.334 e. The number of fused-ring (bicyclic) bond motifs is 1. The molecule has 2 aromatic heterocycles. The number of nitrogens with one attached hydrogen (secondary N) is 1. The van der Waals surface area contributed by atoms with Gasteiger partial charge in [-0.15, -0.1) is 11.3 Å². The highest BCUT2D eigenvalue weighted by Gasteiger charge is 2.24. The van der Waals surface area contributed by atoms with Gasteiger partial charge in [0.1, 0.15) is 0 Å². The van der Waals surface area contributed by atoms with Gasteiger partial charge in [-0.05, 0) is 59.8 Å². The Labute approximate surface area is 197 Å². The average molecular weight is 478 g/mol. The lowest BCUT2D eigenvalue weighted by molar-refractivity contribution is 0.0774. The summed E-state index contributed by atoms with van der Waals surface area (Å²) in [5, 5.41) is 1.92. The maximum Gasteiger partial charge on any atom is 0.264 e. The molecule has 0 spiro atoms. The molecule has 0 radical (unpaired) electrons. The zero-order valence-corrected chi connectivity index (χ0v) is 19.7. The van der Waals surface area contributed by atoms with Crippen LogP contribution >= 0.6 is 11.3 Å². The molecule has 1 amide bonds. The molecule has 0 saturated carbocycles. The summed E-state index contributed by atoms with van der Waals surface area (Å²) in [5.41, 5.74) is 6.18. The molecular formula is C25H23N3O3S2. The van der Waals surface area contributed by atoms with Gasteiger partial charge >= 0.3 is 0 Å². The largest absolute Gasteiger partial charge is 0.334 e. The van der Waals surface area contributed by atoms with Gasteiger partial charge in [-0.3, -0.25) is 9.78 Å². The second-order valence-electron chi connectivity index (χ2n) is 7.98. The van der Waals surface area contributed by atoms with Crippen molar-refractivity contribution in [3.63, 3.8) is 0 Å². The number of thiophene rings is 1. The number of aromatic nitrogens is 1. The molecule has 0 atom stereocenters. The van der Waals surface area contributed by atoms with E-state index in [0.29, 0.717) is 13.1 Å². The highest BCUT2D eigenvalue weighted by Crippen LogP contribution is 2.37. The smallest absolute Gasteiger partial charge is 0.264 e. The highest BCUT2D eigenvalue weighted by atomic mass is 32.2. The van der Waals surface area contributed by atoms with Crippen molar-refractivity contribution in [3.05, 3.63) is 87.9 Å². The van der Waals surface area contributed by atoms with E-state index in [4.69, 9.17) is 0 Å². The number of carbonyl (C=O) groups is 1. The minimum atomic E-state index is -3.52. The first kappa shape index (κ1) is 21.8. The Kier molecular flexibility index (Phi) is 5.74. The van der Waals surface area contributed by atoms with Crippen molar-refractivity contribution in [3.8, 4) is 11.1 Å². The molecule has 5 rings (SSSR count). The Hall–Kier alpha value is -3.07. The quantitative estimate of drug-likeness (QED) is 0.599. The molecule has 1 aliphatic carbocycles. The van der Waals surface area contributed by atoms with Crippen LogP contribution in [0.3, 0.4) is 0 Å². The Balaban J connectivity index is 1.40. The van der Waals surface area contributed by atoms with Crippen LogP contribution in [0.4, 0.5) is 0 Å². The molecule has 8 heteroatoms. The third-order valence-electron chi connectivity index (χ3n) is 6.08. The van der Waals surface area contributed by atoms with Crippen molar-refractivity contribution in [1.29, 1.82) is 0 Å². The highest BCUT2D eigenvalue weighted by molar-refractivity contribution is 7.89. The van der Waals surface area contributed by atoms with Crippen molar-refractivity contribution >= 4 is 32.8 Å². The van der Waals surface area contributed by atoms with E-state index < -0.39 is 10.0 Å². The molecular weight excluding hydrogens is 454 g/mol. The predicted molar refractivity (Wildman–Crippen MR) is 131 cm³/mol. The molecule has 0 saturated heterocycles. The first-order valence-electron chi connectivity index (χ1n) is 10.7. The van der Waals surface area contributed by atoms with Gasteiger partial charge in [-0.2, -0.15) is 0 Å². The van der Waals surface area contributed by atoms with Crippen LogP contribution < -0.4 is 4.72 Å². The number of carbonyl (C=O) groups excluding carboxylic acids is 1. The summed E-state index contributed by atoms with van der Waals surface area (Å²) in [6, 6.07) is 12.7. The van der Waals surface area contributed by atoms with Crippen molar-refractivity contribution in [1.82, 2.24) is 14.6 Å². The van der Waals surface area contributed by atoms with E-state index >= 15 is 0 Å². The molecule has 2 aliphatic rings. The molecule has 3 heterocycles. The van der Waals surface area contributed by atoms with Crippen molar-refractivity contribution < 1.29 is 13.2 Å². The normalized spacial score (nSPS) is 15.7. The van der Waals surface area contributed by atoms with E-state index in [1.807, 2.05) is 28.5 Å². The van der Waals surface area contributed by atoms with E-state index in [1.165, 1.54) is 29.5 Å². The summed E-state index contributed by atoms with van der Waals surface area (Å²) in [5.74, 6) is 0.0847. The van der Waals surface area contributed by atoms with Crippen LogP contribution in [0.25, 0.3) is 16.7 Å². The van der Waals surface area contributed by atoms with Gasteiger partial charge in [0.05, 0.1) is 15.5 Å². The summed E-state index contributed by atoms with van der Waals surface area (Å²) in [7, 11) is -2.11. The summed E-state index contributed by atoms with van der Waals surface area (Å²) in [4.78, 5) is 20.2. The van der Waals surface area contributed by atoms with Crippen molar-refractivity contribution in [2.75, 3.05) is 20.1 Å². The van der Waals surface area contributed by atoms with E-state index in [1.54, 1.807) is 24.4 Å². The van der Waals surface area contributed by atoms with E-state index in [0.717, 1.165) is 40.1 Å². The standard InChI is InChI=1S/C25H23N3O3S2/c1-26-33(30,31)20-5-2-4-18(14-20)19-15-22-21(7-8-23(22)27-16-19)17-9-11-28(12-10-17)25(29)24-6-3-13-32-24/h2-7,9,13-16,26H,8,10-12H2,1H3. The van der Waals surface area contributed by atoms with Crippen LogP contribution in [0.5, 0.6) is 0 Å². The lowest BCUT2D eigenvalue weighted by atomic mass is 9.94. The van der Waals surface area contributed by atoms with Gasteiger partial charge in [0, 0.05) is 36.8 Å². The van der Waals surface area contributed by atoms with Gasteiger partial charge in [-0.1, -0.05) is 30.4 Å². The van der Waals surface area contributed by atoms with E-state index in [9.17, 15) is 13.2 Å². The molecule has 0 fully saturated rings. The third kappa shape index (κ3) is 4.17. The number of amides is 1. The van der Waals surface area contributed by atoms with E-state index in [-0.39, 0.29) is 10.8 Å². The average Bonchev–Trinajstić information content (AvgIpc) is 3.54. The number of nitrogens with zero attached hydrogens (tertiary/aromatic N) is 2. The maximum absolute atomic E-state index is 12.6. The predicted octanol–water partition coefficient (Wildman–Crippen LogP) is 4.13. The summed E-state index contributed by atoms with van der Waals surface area (Å²) in [6.07, 6.45) is 7.71. The zero-order chi connectivity index (χ0) is 23.0. The minimum absolute atomic E-state index is 0.0847. The van der Waals surface area contributed by atoms with Crippen molar-refractivity contribution in [2.45, 2.75) is 17.7 Å². The summed E-state index contributed by atoms with van der Waals surface area (Å²) < 4.78 is 26.8. The molecule has 168 valence electrons. The fourth-order valence-corrected chi connectivity index (χ4v) is 5.74. The number of benzene rings is 1. The van der Waals surface area contributed by atoms with Crippen LogP contribution in [0.1, 0.15) is 27.3 Å². The van der Waals surface area contributed by atoms with Crippen LogP contribution in [0.2, 0.25) is 0 Å². The third-order valence-corrected chi connectivity index (χ3v) is 8.35. The number of hydrogen-bond donors (Lipinski definition) is 1. The molecule has 3 aromatic rings. The van der Waals surface area contributed by atoms with Crippen LogP contribution in [-0.2, 0) is 16.4 Å². The number of pyridine rings is 1. The Bertz CT molecular complexity index is 1390. The maximum atomic E-state index is 12.6. The Morgan fingerprint density at radius 2 is 2.00 bits per heavy atom. The fraction of sp³-hybridized carbons (Fsp3) is 0.200. The first-order valence-corrected chi connectivity index (χ1v) is 13.1. The molecule has 1 N–H and O–H groups in total. The molecule has 6 nitrogen and oxygen atoms in total. The van der Waals surface area contributed by atoms with Gasteiger partial charge in [-0.25, -0.2) is 13.1 Å². The Morgan fingerprint density at radius 3 is 2.73 bits per heavy atom. The SMILES string of the molecule is CNS(=O)(=O)c1cccc(-c2cnc3c(c2)C(C2=CCN(C(=O)c4cccs4)CC2)=CC3)c1. The molecule has 1 aromatic carbocycles. The van der Waals surface area contributed by atoms with E-state index in [2.05, 4.69) is 27.9 Å². The van der Waals surface area contributed by atoms with Crippen LogP contribution in [0, 0.1) is 0 Å². The lowest BCUT2D eigenvalue weighted by Crippen LogP contribution is -2.34. The van der Waals surface area contributed by atoms with Crippen molar-refractivity contribution in [2.24, 2.45) is 0 Å². The Morgan fingerprint density at radius 1 is 1.12 bits per heavy atom. The number of sulfonamides is 1. The number of hydrogen-bond acceptors (Lipinski definition) is 5. The zero-order valence-electron chi connectivity index (χ0n) is 18.1. The summed E-state index contributed by atoms with van der Waals surface area (Å²) >= 11 is 1.47. The lowest BCUT2D eigenvalue weighted by Gasteiger charge is -2.27. The second kappa shape index (κ2) is 8.70. The van der Waals surface area contributed by atoms with Crippen LogP contribution in [-0.4, -0.2) is 44.3 Å². The fourth-order valence-electron chi connectivity index (χ4n) is 4.27. The number of rotatable bonds is 5. The molecule has 0 bridgehead atoms. The topological polar surface area (TPSA) is 79.4 Å². The molecule has 1 aliphatic heterocycles. The summed E-state index contributed by atoms with van der Waals surface area (Å²) in [6.45, 7) is 1.28. The van der Waals surface area contributed by atoms with Gasteiger partial charge in [0.25, 0.3) is 5.91 Å². The molecule has 0 unspecified atom stereocenters. The van der Waals surface area contributed by atoms with Crippen LogP contribution in [0.15, 0.2) is 76.7 Å². The molecule has 33 heavy (non-hydrogen) atoms.